The van der Waals surface area contributed by atoms with E-state index in [0.717, 1.165) is 12.0 Å². The van der Waals surface area contributed by atoms with Gasteiger partial charge in [-0.1, -0.05) is 24.6 Å². The van der Waals surface area contributed by atoms with E-state index < -0.39 is 5.97 Å². The summed E-state index contributed by atoms with van der Waals surface area (Å²) in [5.41, 5.74) is 5.06. The van der Waals surface area contributed by atoms with Gasteiger partial charge in [-0.3, -0.25) is 4.79 Å². The molecular formula is C26H26N2O5. The molecule has 7 nitrogen and oxygen atoms in total. The summed E-state index contributed by atoms with van der Waals surface area (Å²) in [7, 11) is 1.48. The summed E-state index contributed by atoms with van der Waals surface area (Å²) >= 11 is 0. The Morgan fingerprint density at radius 1 is 0.970 bits per heavy atom. The van der Waals surface area contributed by atoms with Gasteiger partial charge in [-0.05, 0) is 73.5 Å². The van der Waals surface area contributed by atoms with Crippen LogP contribution in [-0.4, -0.2) is 31.8 Å². The first kappa shape index (κ1) is 23.5. The van der Waals surface area contributed by atoms with Crippen LogP contribution in [0.4, 0.5) is 0 Å². The second-order valence-corrected chi connectivity index (χ2v) is 7.24. The van der Waals surface area contributed by atoms with E-state index in [4.69, 9.17) is 14.2 Å². The van der Waals surface area contributed by atoms with E-state index in [-0.39, 0.29) is 11.7 Å². The maximum Gasteiger partial charge on any atom is 0.343 e. The van der Waals surface area contributed by atoms with Crippen LogP contribution in [0.25, 0.3) is 0 Å². The number of ether oxygens (including phenoxy) is 3. The maximum atomic E-state index is 12.5. The van der Waals surface area contributed by atoms with Gasteiger partial charge in [-0.25, -0.2) is 10.2 Å². The van der Waals surface area contributed by atoms with Gasteiger partial charge in [-0.15, -0.1) is 0 Å². The van der Waals surface area contributed by atoms with E-state index in [1.165, 1.54) is 13.3 Å². The van der Waals surface area contributed by atoms with Crippen molar-refractivity contribution < 1.29 is 23.8 Å². The van der Waals surface area contributed by atoms with Crippen LogP contribution in [0.3, 0.4) is 0 Å². The van der Waals surface area contributed by atoms with Crippen molar-refractivity contribution in [1.29, 1.82) is 0 Å². The number of nitrogens with zero attached hydrogens (tertiary/aromatic N) is 1. The minimum atomic E-state index is -0.512. The molecule has 33 heavy (non-hydrogen) atoms. The molecule has 0 fully saturated rings. The Hall–Kier alpha value is -4.13. The molecule has 0 unspecified atom stereocenters. The van der Waals surface area contributed by atoms with Crippen LogP contribution in [0.2, 0.25) is 0 Å². The molecule has 3 rings (SSSR count). The third-order valence-electron chi connectivity index (χ3n) is 4.61. The zero-order chi connectivity index (χ0) is 23.6. The van der Waals surface area contributed by atoms with Gasteiger partial charge in [0, 0.05) is 5.56 Å². The Morgan fingerprint density at radius 3 is 2.45 bits per heavy atom. The van der Waals surface area contributed by atoms with Gasteiger partial charge < -0.3 is 14.2 Å². The van der Waals surface area contributed by atoms with Gasteiger partial charge in [-0.2, -0.15) is 5.10 Å². The SMILES string of the molecule is CCCOc1ccc(C(=O)Oc2ccc(/C=N\NC(=O)c3cccc(C)c3)cc2OC)cc1. The van der Waals surface area contributed by atoms with E-state index >= 15 is 0 Å². The normalized spacial score (nSPS) is 10.6. The van der Waals surface area contributed by atoms with Crippen molar-refractivity contribution in [2.75, 3.05) is 13.7 Å². The Kier molecular flexibility index (Phi) is 8.18. The van der Waals surface area contributed by atoms with Gasteiger partial charge >= 0.3 is 5.97 Å². The predicted octanol–water partition coefficient (Wildman–Crippen LogP) is 4.78. The molecule has 0 spiro atoms. The number of amides is 1. The quantitative estimate of drug-likeness (QED) is 0.221. The highest BCUT2D eigenvalue weighted by atomic mass is 16.6. The molecule has 0 atom stereocenters. The first-order valence-electron chi connectivity index (χ1n) is 10.5. The number of carbonyl (C=O) groups is 2. The van der Waals surface area contributed by atoms with Crippen molar-refractivity contribution >= 4 is 18.1 Å². The Bertz CT molecular complexity index is 1140. The lowest BCUT2D eigenvalue weighted by Crippen LogP contribution is -2.17. The lowest BCUT2D eigenvalue weighted by Gasteiger charge is -2.10. The topological polar surface area (TPSA) is 86.2 Å². The fraction of sp³-hybridized carbons (Fsp3) is 0.192. The largest absolute Gasteiger partial charge is 0.494 e. The lowest BCUT2D eigenvalue weighted by atomic mass is 10.1. The summed E-state index contributed by atoms with van der Waals surface area (Å²) < 4.78 is 16.4. The third kappa shape index (κ3) is 6.67. The number of rotatable bonds is 9. The number of aryl methyl sites for hydroxylation is 1. The molecule has 170 valence electrons. The number of hydrazone groups is 1. The lowest BCUT2D eigenvalue weighted by molar-refractivity contribution is 0.0729. The van der Waals surface area contributed by atoms with E-state index in [1.807, 2.05) is 26.0 Å². The maximum absolute atomic E-state index is 12.5. The number of esters is 1. The average Bonchev–Trinajstić information content (AvgIpc) is 2.83. The van der Waals surface area contributed by atoms with E-state index in [2.05, 4.69) is 10.5 Å². The van der Waals surface area contributed by atoms with Crippen LogP contribution in [0, 0.1) is 6.92 Å². The van der Waals surface area contributed by atoms with Crippen LogP contribution in [0.15, 0.2) is 71.8 Å². The fourth-order valence-corrected chi connectivity index (χ4v) is 2.93. The zero-order valence-electron chi connectivity index (χ0n) is 18.8. The van der Waals surface area contributed by atoms with Crippen molar-refractivity contribution in [2.24, 2.45) is 5.10 Å². The van der Waals surface area contributed by atoms with Crippen molar-refractivity contribution in [3.63, 3.8) is 0 Å². The molecule has 3 aromatic carbocycles. The second kappa shape index (κ2) is 11.5. The van der Waals surface area contributed by atoms with Crippen LogP contribution >= 0.6 is 0 Å². The highest BCUT2D eigenvalue weighted by molar-refractivity contribution is 5.95. The molecule has 3 aromatic rings. The first-order chi connectivity index (χ1) is 16.0. The van der Waals surface area contributed by atoms with Crippen molar-refractivity contribution in [2.45, 2.75) is 20.3 Å². The van der Waals surface area contributed by atoms with Gasteiger partial charge in [0.2, 0.25) is 0 Å². The molecule has 0 bridgehead atoms. The second-order valence-electron chi connectivity index (χ2n) is 7.24. The minimum Gasteiger partial charge on any atom is -0.494 e. The molecule has 1 N–H and O–H groups in total. The number of hydrogen-bond donors (Lipinski definition) is 1. The molecule has 0 aliphatic rings. The third-order valence-corrected chi connectivity index (χ3v) is 4.61. The molecule has 0 saturated carbocycles. The molecule has 0 saturated heterocycles. The predicted molar refractivity (Wildman–Crippen MR) is 126 cm³/mol. The molecule has 0 heterocycles. The molecule has 0 radical (unpaired) electrons. The van der Waals surface area contributed by atoms with Crippen molar-refractivity contribution in [3.05, 3.63) is 89.0 Å². The van der Waals surface area contributed by atoms with Gasteiger partial charge in [0.05, 0.1) is 25.5 Å². The standard InChI is InChI=1S/C26H26N2O5/c1-4-14-32-22-11-9-20(10-12-22)26(30)33-23-13-8-19(16-24(23)31-3)17-27-28-25(29)21-7-5-6-18(2)15-21/h5-13,15-17H,4,14H2,1-3H3,(H,28,29)/b27-17-. The molecule has 0 aliphatic carbocycles. The summed E-state index contributed by atoms with van der Waals surface area (Å²) in [5, 5.41) is 3.99. The van der Waals surface area contributed by atoms with Gasteiger partial charge in [0.15, 0.2) is 11.5 Å². The number of carbonyl (C=O) groups excluding carboxylic acids is 2. The van der Waals surface area contributed by atoms with Gasteiger partial charge in [0.25, 0.3) is 5.91 Å². The Balaban J connectivity index is 1.63. The summed E-state index contributed by atoms with van der Waals surface area (Å²) in [6.07, 6.45) is 2.39. The number of benzene rings is 3. The number of hydrogen-bond acceptors (Lipinski definition) is 6. The van der Waals surface area contributed by atoms with E-state index in [0.29, 0.717) is 34.8 Å². The number of methoxy groups -OCH3 is 1. The first-order valence-corrected chi connectivity index (χ1v) is 10.5. The highest BCUT2D eigenvalue weighted by Gasteiger charge is 2.13. The molecule has 0 aromatic heterocycles. The summed E-state index contributed by atoms with van der Waals surface area (Å²) in [5.74, 6) is 0.514. The molecular weight excluding hydrogens is 420 g/mol. The number of nitrogens with one attached hydrogen (secondary N) is 1. The van der Waals surface area contributed by atoms with Crippen LogP contribution in [-0.2, 0) is 0 Å². The van der Waals surface area contributed by atoms with Gasteiger partial charge in [0.1, 0.15) is 5.75 Å². The van der Waals surface area contributed by atoms with E-state index in [9.17, 15) is 9.59 Å². The molecule has 0 aliphatic heterocycles. The Labute approximate surface area is 193 Å². The van der Waals surface area contributed by atoms with E-state index in [1.54, 1.807) is 54.6 Å². The van der Waals surface area contributed by atoms with Crippen LogP contribution in [0.1, 0.15) is 45.2 Å². The zero-order valence-corrected chi connectivity index (χ0v) is 18.8. The fourth-order valence-electron chi connectivity index (χ4n) is 2.93. The molecule has 1 amide bonds. The summed E-state index contributed by atoms with van der Waals surface area (Å²) in [4.78, 5) is 24.7. The minimum absolute atomic E-state index is 0.273. The summed E-state index contributed by atoms with van der Waals surface area (Å²) in [6, 6.07) is 19.0. The summed E-state index contributed by atoms with van der Waals surface area (Å²) in [6.45, 7) is 4.56. The average molecular weight is 447 g/mol. The highest BCUT2D eigenvalue weighted by Crippen LogP contribution is 2.28. The smallest absolute Gasteiger partial charge is 0.343 e. The monoisotopic (exact) mass is 446 g/mol. The van der Waals surface area contributed by atoms with Crippen LogP contribution in [0.5, 0.6) is 17.2 Å². The van der Waals surface area contributed by atoms with Crippen molar-refractivity contribution in [3.8, 4) is 17.2 Å². The molecule has 7 heteroatoms. The Morgan fingerprint density at radius 2 is 1.76 bits per heavy atom. The van der Waals surface area contributed by atoms with Crippen LogP contribution < -0.4 is 19.6 Å². The van der Waals surface area contributed by atoms with Crippen molar-refractivity contribution in [1.82, 2.24) is 5.43 Å².